The molecule has 0 aromatic carbocycles. The maximum atomic E-state index is 11.6. The average molecular weight is 240 g/mol. The van der Waals surface area contributed by atoms with E-state index in [1.807, 2.05) is 0 Å². The second-order valence-corrected chi connectivity index (χ2v) is 6.44. The fourth-order valence-corrected chi connectivity index (χ4v) is 2.60. The van der Waals surface area contributed by atoms with Crippen LogP contribution in [-0.4, -0.2) is 35.7 Å². The molecule has 1 amide bonds. The van der Waals surface area contributed by atoms with E-state index in [-0.39, 0.29) is 23.2 Å². The molecular formula is C13H24N2O2. The lowest BCUT2D eigenvalue weighted by atomic mass is 9.94. The van der Waals surface area contributed by atoms with Gasteiger partial charge >= 0.3 is 0 Å². The van der Waals surface area contributed by atoms with Crippen LogP contribution >= 0.6 is 0 Å². The van der Waals surface area contributed by atoms with E-state index in [2.05, 4.69) is 38.3 Å². The zero-order valence-electron chi connectivity index (χ0n) is 11.3. The third kappa shape index (κ3) is 3.42. The first kappa shape index (κ1) is 12.8. The SMILES string of the molecule is CC1(C)CC(NCC(=O)NC2CC2)C(C)(C)O1. The maximum Gasteiger partial charge on any atom is 0.234 e. The summed E-state index contributed by atoms with van der Waals surface area (Å²) in [6.07, 6.45) is 3.21. The lowest BCUT2D eigenvalue weighted by Crippen LogP contribution is -2.47. The zero-order valence-corrected chi connectivity index (χ0v) is 11.3. The number of ether oxygens (including phenoxy) is 1. The van der Waals surface area contributed by atoms with Crippen molar-refractivity contribution in [1.29, 1.82) is 0 Å². The van der Waals surface area contributed by atoms with Crippen molar-refractivity contribution in [3.63, 3.8) is 0 Å². The first-order valence-electron chi connectivity index (χ1n) is 6.51. The van der Waals surface area contributed by atoms with Crippen molar-refractivity contribution in [1.82, 2.24) is 10.6 Å². The summed E-state index contributed by atoms with van der Waals surface area (Å²) in [4.78, 5) is 11.6. The molecule has 2 N–H and O–H groups in total. The van der Waals surface area contributed by atoms with Crippen LogP contribution in [-0.2, 0) is 9.53 Å². The minimum absolute atomic E-state index is 0.103. The Kier molecular flexibility index (Phi) is 3.21. The van der Waals surface area contributed by atoms with Crippen molar-refractivity contribution in [2.24, 2.45) is 0 Å². The fourth-order valence-electron chi connectivity index (χ4n) is 2.60. The summed E-state index contributed by atoms with van der Waals surface area (Å²) < 4.78 is 5.98. The molecular weight excluding hydrogens is 216 g/mol. The molecule has 1 unspecified atom stereocenters. The molecule has 2 fully saturated rings. The van der Waals surface area contributed by atoms with E-state index in [0.717, 1.165) is 19.3 Å². The van der Waals surface area contributed by atoms with Crippen LogP contribution in [0.5, 0.6) is 0 Å². The Hall–Kier alpha value is -0.610. The zero-order chi connectivity index (χ0) is 12.7. The molecule has 4 nitrogen and oxygen atoms in total. The summed E-state index contributed by atoms with van der Waals surface area (Å²) >= 11 is 0. The molecule has 0 radical (unpaired) electrons. The Bertz CT molecular complexity index is 309. The van der Waals surface area contributed by atoms with Crippen LogP contribution in [0.4, 0.5) is 0 Å². The molecule has 98 valence electrons. The highest BCUT2D eigenvalue weighted by Gasteiger charge is 2.45. The molecule has 0 aromatic heterocycles. The summed E-state index contributed by atoms with van der Waals surface area (Å²) in [6, 6.07) is 0.677. The van der Waals surface area contributed by atoms with Gasteiger partial charge in [-0.3, -0.25) is 4.79 Å². The number of rotatable bonds is 4. The number of carbonyl (C=O) groups excluding carboxylic acids is 1. The predicted molar refractivity (Wildman–Crippen MR) is 66.8 cm³/mol. The number of hydrogen-bond acceptors (Lipinski definition) is 3. The molecule has 1 saturated heterocycles. The number of amides is 1. The van der Waals surface area contributed by atoms with Crippen LogP contribution in [0, 0.1) is 0 Å². The summed E-state index contributed by atoms with van der Waals surface area (Å²) in [6.45, 7) is 8.75. The Balaban J connectivity index is 1.79. The summed E-state index contributed by atoms with van der Waals surface area (Å²) in [5.74, 6) is 0.105. The molecule has 2 rings (SSSR count). The number of nitrogens with one attached hydrogen (secondary N) is 2. The summed E-state index contributed by atoms with van der Waals surface area (Å²) in [5, 5.41) is 6.31. The topological polar surface area (TPSA) is 50.4 Å². The van der Waals surface area contributed by atoms with Crippen molar-refractivity contribution in [2.75, 3.05) is 6.54 Å². The van der Waals surface area contributed by atoms with Gasteiger partial charge < -0.3 is 15.4 Å². The molecule has 4 heteroatoms. The van der Waals surface area contributed by atoms with E-state index >= 15 is 0 Å². The Labute approximate surface area is 103 Å². The summed E-state index contributed by atoms with van der Waals surface area (Å²) in [5.41, 5.74) is -0.308. The molecule has 1 saturated carbocycles. The van der Waals surface area contributed by atoms with Crippen molar-refractivity contribution in [3.05, 3.63) is 0 Å². The fraction of sp³-hybridized carbons (Fsp3) is 0.923. The highest BCUT2D eigenvalue weighted by atomic mass is 16.5. The second-order valence-electron chi connectivity index (χ2n) is 6.44. The third-order valence-electron chi connectivity index (χ3n) is 3.53. The molecule has 1 heterocycles. The van der Waals surface area contributed by atoms with Crippen LogP contribution in [0.25, 0.3) is 0 Å². The highest BCUT2D eigenvalue weighted by molar-refractivity contribution is 5.78. The van der Waals surface area contributed by atoms with E-state index in [9.17, 15) is 4.79 Å². The monoisotopic (exact) mass is 240 g/mol. The molecule has 1 aliphatic heterocycles. The van der Waals surface area contributed by atoms with Gasteiger partial charge in [0.1, 0.15) is 0 Å². The minimum atomic E-state index is -0.205. The molecule has 17 heavy (non-hydrogen) atoms. The maximum absolute atomic E-state index is 11.6. The van der Waals surface area contributed by atoms with Crippen LogP contribution in [0.15, 0.2) is 0 Å². The van der Waals surface area contributed by atoms with Gasteiger partial charge in [0, 0.05) is 12.1 Å². The largest absolute Gasteiger partial charge is 0.368 e. The van der Waals surface area contributed by atoms with Crippen molar-refractivity contribution < 1.29 is 9.53 Å². The molecule has 2 aliphatic rings. The van der Waals surface area contributed by atoms with Crippen LogP contribution in [0.1, 0.15) is 47.0 Å². The van der Waals surface area contributed by atoms with Gasteiger partial charge in [0.25, 0.3) is 0 Å². The van der Waals surface area contributed by atoms with Gasteiger partial charge in [0.2, 0.25) is 5.91 Å². The van der Waals surface area contributed by atoms with Crippen LogP contribution in [0.2, 0.25) is 0 Å². The highest BCUT2D eigenvalue weighted by Crippen LogP contribution is 2.37. The smallest absolute Gasteiger partial charge is 0.234 e. The Morgan fingerprint density at radius 3 is 2.41 bits per heavy atom. The van der Waals surface area contributed by atoms with Gasteiger partial charge in [0.05, 0.1) is 17.7 Å². The predicted octanol–water partition coefficient (Wildman–Crippen LogP) is 1.20. The minimum Gasteiger partial charge on any atom is -0.368 e. The van der Waals surface area contributed by atoms with E-state index in [0.29, 0.717) is 12.6 Å². The van der Waals surface area contributed by atoms with E-state index in [1.165, 1.54) is 0 Å². The first-order valence-corrected chi connectivity index (χ1v) is 6.51. The van der Waals surface area contributed by atoms with Gasteiger partial charge in [0.15, 0.2) is 0 Å². The van der Waals surface area contributed by atoms with Crippen molar-refractivity contribution in [3.8, 4) is 0 Å². The summed E-state index contributed by atoms with van der Waals surface area (Å²) in [7, 11) is 0. The van der Waals surface area contributed by atoms with Gasteiger partial charge in [-0.1, -0.05) is 0 Å². The quantitative estimate of drug-likeness (QED) is 0.776. The average Bonchev–Trinajstić information content (AvgIpc) is 2.89. The van der Waals surface area contributed by atoms with E-state index < -0.39 is 0 Å². The van der Waals surface area contributed by atoms with Gasteiger partial charge in [-0.2, -0.15) is 0 Å². The number of hydrogen-bond donors (Lipinski definition) is 2. The van der Waals surface area contributed by atoms with Crippen LogP contribution in [0.3, 0.4) is 0 Å². The normalized spacial score (nSPS) is 30.2. The molecule has 0 bridgehead atoms. The standard InChI is InChI=1S/C13H24N2O2/c1-12(2)7-10(13(3,4)17-12)14-8-11(16)15-9-5-6-9/h9-10,14H,5-8H2,1-4H3,(H,15,16). The number of carbonyl (C=O) groups is 1. The molecule has 0 aromatic rings. The first-order chi connectivity index (χ1) is 7.78. The lowest BCUT2D eigenvalue weighted by molar-refractivity contribution is -0.120. The van der Waals surface area contributed by atoms with E-state index in [4.69, 9.17) is 4.74 Å². The molecule has 1 atom stereocenters. The van der Waals surface area contributed by atoms with Crippen molar-refractivity contribution in [2.45, 2.75) is 70.2 Å². The Morgan fingerprint density at radius 2 is 1.94 bits per heavy atom. The van der Waals surface area contributed by atoms with Gasteiger partial charge in [-0.25, -0.2) is 0 Å². The third-order valence-corrected chi connectivity index (χ3v) is 3.53. The van der Waals surface area contributed by atoms with E-state index in [1.54, 1.807) is 0 Å². The Morgan fingerprint density at radius 1 is 1.29 bits per heavy atom. The van der Waals surface area contributed by atoms with Gasteiger partial charge in [-0.05, 0) is 47.0 Å². The van der Waals surface area contributed by atoms with Crippen molar-refractivity contribution >= 4 is 5.91 Å². The second kappa shape index (κ2) is 4.25. The molecule has 1 aliphatic carbocycles. The van der Waals surface area contributed by atoms with Gasteiger partial charge in [-0.15, -0.1) is 0 Å². The lowest BCUT2D eigenvalue weighted by Gasteiger charge is -2.27. The van der Waals surface area contributed by atoms with Crippen LogP contribution < -0.4 is 10.6 Å². The molecule has 0 spiro atoms.